The highest BCUT2D eigenvalue weighted by Gasteiger charge is 2.02. The number of ether oxygens (including phenoxy) is 1. The Balaban J connectivity index is 2.11. The van der Waals surface area contributed by atoms with Crippen molar-refractivity contribution in [3.63, 3.8) is 0 Å². The number of hydrogen-bond acceptors (Lipinski definition) is 2. The Morgan fingerprint density at radius 1 is 1.21 bits per heavy atom. The van der Waals surface area contributed by atoms with Gasteiger partial charge in [-0.3, -0.25) is 0 Å². The summed E-state index contributed by atoms with van der Waals surface area (Å²) < 4.78 is 19.3. The molecule has 5 heteroatoms. The van der Waals surface area contributed by atoms with Crippen molar-refractivity contribution in [2.45, 2.75) is 6.54 Å². The molecule has 0 heterocycles. The van der Waals surface area contributed by atoms with Gasteiger partial charge in [-0.15, -0.1) is 0 Å². The van der Waals surface area contributed by atoms with E-state index in [9.17, 15) is 4.39 Å². The van der Waals surface area contributed by atoms with Crippen molar-refractivity contribution in [3.8, 4) is 5.75 Å². The molecule has 0 aliphatic carbocycles. The number of halogens is 3. The van der Waals surface area contributed by atoms with Crippen LogP contribution in [-0.4, -0.2) is 7.11 Å². The van der Waals surface area contributed by atoms with Gasteiger partial charge in [-0.1, -0.05) is 27.5 Å². The minimum atomic E-state index is -0.337. The van der Waals surface area contributed by atoms with Crippen molar-refractivity contribution >= 4 is 33.2 Å². The van der Waals surface area contributed by atoms with Crippen LogP contribution in [0.1, 0.15) is 5.56 Å². The molecular formula is C14H12BrClFNO. The van der Waals surface area contributed by atoms with Crippen LogP contribution in [0.25, 0.3) is 0 Å². The summed E-state index contributed by atoms with van der Waals surface area (Å²) in [5.74, 6) is 0.408. The van der Waals surface area contributed by atoms with Crippen molar-refractivity contribution in [2.75, 3.05) is 12.4 Å². The molecule has 0 unspecified atom stereocenters. The summed E-state index contributed by atoms with van der Waals surface area (Å²) in [6.45, 7) is 0.483. The maximum absolute atomic E-state index is 13.2. The zero-order chi connectivity index (χ0) is 13.8. The molecule has 0 bridgehead atoms. The number of benzene rings is 2. The summed E-state index contributed by atoms with van der Waals surface area (Å²) in [6.07, 6.45) is 0. The van der Waals surface area contributed by atoms with E-state index in [-0.39, 0.29) is 5.82 Å². The number of nitrogens with one attached hydrogen (secondary N) is 1. The molecule has 2 aromatic carbocycles. The minimum Gasteiger partial charge on any atom is -0.497 e. The number of methoxy groups -OCH3 is 1. The lowest BCUT2D eigenvalue weighted by Crippen LogP contribution is -2.00. The molecule has 100 valence electrons. The molecule has 2 rings (SSSR count). The molecule has 0 radical (unpaired) electrons. The normalized spacial score (nSPS) is 10.3. The van der Waals surface area contributed by atoms with Crippen LogP contribution in [0.5, 0.6) is 5.75 Å². The molecule has 0 aliphatic rings. The van der Waals surface area contributed by atoms with Crippen LogP contribution < -0.4 is 10.1 Å². The summed E-state index contributed by atoms with van der Waals surface area (Å²) in [4.78, 5) is 0. The molecule has 0 saturated carbocycles. The van der Waals surface area contributed by atoms with Crippen molar-refractivity contribution in [1.29, 1.82) is 0 Å². The fourth-order valence-corrected chi connectivity index (χ4v) is 2.42. The maximum Gasteiger partial charge on any atom is 0.125 e. The Hall–Kier alpha value is -1.26. The average molecular weight is 345 g/mol. The lowest BCUT2D eigenvalue weighted by molar-refractivity contribution is 0.414. The highest BCUT2D eigenvalue weighted by atomic mass is 79.9. The Morgan fingerprint density at radius 3 is 2.68 bits per heavy atom. The first-order chi connectivity index (χ1) is 9.06. The van der Waals surface area contributed by atoms with Gasteiger partial charge in [-0.25, -0.2) is 4.39 Å². The molecule has 1 N–H and O–H groups in total. The summed E-state index contributed by atoms with van der Waals surface area (Å²) in [6, 6.07) is 10.1. The molecule has 0 amide bonds. The van der Waals surface area contributed by atoms with Gasteiger partial charge >= 0.3 is 0 Å². The summed E-state index contributed by atoms with van der Waals surface area (Å²) >= 11 is 9.21. The van der Waals surface area contributed by atoms with Gasteiger partial charge in [0.15, 0.2) is 0 Å². The van der Waals surface area contributed by atoms with Crippen LogP contribution >= 0.6 is 27.5 Å². The second kappa shape index (κ2) is 6.26. The van der Waals surface area contributed by atoms with Gasteiger partial charge in [0.1, 0.15) is 11.6 Å². The van der Waals surface area contributed by atoms with Crippen molar-refractivity contribution < 1.29 is 9.13 Å². The standard InChI is InChI=1S/C14H12BrClFNO/c1-19-14-5-10(15)4-13(7-14)18-8-9-2-11(16)6-12(17)3-9/h2-7,18H,8H2,1H3. The predicted molar refractivity (Wildman–Crippen MR) is 79.4 cm³/mol. The Labute approximate surface area is 124 Å². The number of hydrogen-bond donors (Lipinski definition) is 1. The van der Waals surface area contributed by atoms with Crippen molar-refractivity contribution in [3.05, 3.63) is 57.3 Å². The van der Waals surface area contributed by atoms with Gasteiger partial charge in [0, 0.05) is 27.8 Å². The second-order valence-electron chi connectivity index (χ2n) is 4.01. The van der Waals surface area contributed by atoms with Crippen molar-refractivity contribution in [1.82, 2.24) is 0 Å². The highest BCUT2D eigenvalue weighted by Crippen LogP contribution is 2.25. The number of anilines is 1. The minimum absolute atomic E-state index is 0.337. The molecule has 0 atom stereocenters. The van der Waals surface area contributed by atoms with Crippen LogP contribution in [0.2, 0.25) is 5.02 Å². The van der Waals surface area contributed by atoms with Gasteiger partial charge in [0.05, 0.1) is 7.11 Å². The van der Waals surface area contributed by atoms with Gasteiger partial charge in [0.25, 0.3) is 0 Å². The fraction of sp³-hybridized carbons (Fsp3) is 0.143. The SMILES string of the molecule is COc1cc(Br)cc(NCc2cc(F)cc(Cl)c2)c1. The van der Waals surface area contributed by atoms with E-state index in [1.165, 1.54) is 12.1 Å². The van der Waals surface area contributed by atoms with Crippen molar-refractivity contribution in [2.24, 2.45) is 0 Å². The largest absolute Gasteiger partial charge is 0.497 e. The van der Waals surface area contributed by atoms with Crippen LogP contribution in [0.3, 0.4) is 0 Å². The Bertz CT molecular complexity index is 571. The molecule has 0 aromatic heterocycles. The van der Waals surface area contributed by atoms with E-state index in [2.05, 4.69) is 21.2 Å². The van der Waals surface area contributed by atoms with E-state index in [4.69, 9.17) is 16.3 Å². The van der Waals surface area contributed by atoms with E-state index in [1.54, 1.807) is 13.2 Å². The van der Waals surface area contributed by atoms with E-state index < -0.39 is 0 Å². The first kappa shape index (κ1) is 14.2. The third-order valence-electron chi connectivity index (χ3n) is 2.53. The molecule has 2 aromatic rings. The molecule has 0 aliphatic heterocycles. The Morgan fingerprint density at radius 2 is 2.00 bits per heavy atom. The van der Waals surface area contributed by atoms with E-state index in [1.807, 2.05) is 18.2 Å². The summed E-state index contributed by atoms with van der Waals surface area (Å²) in [5.41, 5.74) is 1.66. The topological polar surface area (TPSA) is 21.3 Å². The monoisotopic (exact) mass is 343 g/mol. The quantitative estimate of drug-likeness (QED) is 0.855. The number of rotatable bonds is 4. The summed E-state index contributed by atoms with van der Waals surface area (Å²) in [7, 11) is 1.61. The van der Waals surface area contributed by atoms with Gasteiger partial charge < -0.3 is 10.1 Å². The zero-order valence-electron chi connectivity index (χ0n) is 10.2. The van der Waals surface area contributed by atoms with E-state index in [0.29, 0.717) is 11.6 Å². The smallest absolute Gasteiger partial charge is 0.125 e. The van der Waals surface area contributed by atoms with Crippen LogP contribution in [-0.2, 0) is 6.54 Å². The summed E-state index contributed by atoms with van der Waals surface area (Å²) in [5, 5.41) is 3.59. The average Bonchev–Trinajstić information content (AvgIpc) is 2.34. The predicted octanol–water partition coefficient (Wildman–Crippen LogP) is 4.86. The highest BCUT2D eigenvalue weighted by molar-refractivity contribution is 9.10. The maximum atomic E-state index is 13.2. The first-order valence-electron chi connectivity index (χ1n) is 5.60. The molecule has 0 saturated heterocycles. The van der Waals surface area contributed by atoms with Crippen LogP contribution in [0.4, 0.5) is 10.1 Å². The van der Waals surface area contributed by atoms with Gasteiger partial charge in [-0.05, 0) is 35.9 Å². The lowest BCUT2D eigenvalue weighted by Gasteiger charge is -2.09. The molecule has 2 nitrogen and oxygen atoms in total. The van der Waals surface area contributed by atoms with E-state index >= 15 is 0 Å². The Kier molecular flexibility index (Phi) is 4.66. The molecular weight excluding hydrogens is 333 g/mol. The zero-order valence-corrected chi connectivity index (χ0v) is 12.6. The molecule has 0 spiro atoms. The fourth-order valence-electron chi connectivity index (χ4n) is 1.70. The van der Waals surface area contributed by atoms with E-state index in [0.717, 1.165) is 21.5 Å². The third kappa shape index (κ3) is 4.11. The molecule has 19 heavy (non-hydrogen) atoms. The van der Waals surface area contributed by atoms with Gasteiger partial charge in [0.2, 0.25) is 0 Å². The molecule has 0 fully saturated rings. The van der Waals surface area contributed by atoms with Gasteiger partial charge in [-0.2, -0.15) is 0 Å². The van der Waals surface area contributed by atoms with Crippen LogP contribution in [0.15, 0.2) is 40.9 Å². The van der Waals surface area contributed by atoms with Crippen LogP contribution in [0, 0.1) is 5.82 Å². The third-order valence-corrected chi connectivity index (χ3v) is 3.20. The second-order valence-corrected chi connectivity index (χ2v) is 5.36. The first-order valence-corrected chi connectivity index (χ1v) is 6.77. The lowest BCUT2D eigenvalue weighted by atomic mass is 10.2.